The summed E-state index contributed by atoms with van der Waals surface area (Å²) in [6.07, 6.45) is 8.30. The Balaban J connectivity index is 2.03. The van der Waals surface area contributed by atoms with Gasteiger partial charge in [0, 0.05) is 6.61 Å². The fraction of sp³-hybridized carbons (Fsp3) is 1.00. The van der Waals surface area contributed by atoms with E-state index in [0.29, 0.717) is 6.61 Å². The predicted octanol–water partition coefficient (Wildman–Crippen LogP) is 2.69. The molecule has 0 amide bonds. The average molecular weight is 166 g/mol. The number of rotatable bonds is 5. The third-order valence-electron chi connectivity index (χ3n) is 2.94. The standard InChI is InChI=1S/C10H19BO/c1-9(6-7-12-11)8-10-4-2-3-5-10/h9-10H,2-8H2,1H3. The molecule has 1 rings (SSSR count). The lowest BCUT2D eigenvalue weighted by molar-refractivity contribution is 0.282. The van der Waals surface area contributed by atoms with E-state index in [9.17, 15) is 0 Å². The molecule has 0 aliphatic heterocycles. The predicted molar refractivity (Wildman–Crippen MR) is 52.1 cm³/mol. The summed E-state index contributed by atoms with van der Waals surface area (Å²) in [6, 6.07) is 0. The quantitative estimate of drug-likeness (QED) is 0.570. The van der Waals surface area contributed by atoms with Crippen LogP contribution in [0.4, 0.5) is 0 Å². The molecule has 0 spiro atoms. The van der Waals surface area contributed by atoms with Crippen molar-refractivity contribution in [3.63, 3.8) is 0 Å². The summed E-state index contributed by atoms with van der Waals surface area (Å²) in [4.78, 5) is 0. The van der Waals surface area contributed by atoms with Gasteiger partial charge < -0.3 is 4.65 Å². The first kappa shape index (κ1) is 10.1. The van der Waals surface area contributed by atoms with Gasteiger partial charge in [0.05, 0.1) is 0 Å². The molecule has 1 aliphatic rings. The van der Waals surface area contributed by atoms with Crippen LogP contribution < -0.4 is 0 Å². The molecule has 1 unspecified atom stereocenters. The first-order valence-electron chi connectivity index (χ1n) is 5.14. The summed E-state index contributed by atoms with van der Waals surface area (Å²) in [5.41, 5.74) is 0. The zero-order valence-electron chi connectivity index (χ0n) is 8.09. The molecule has 2 heteroatoms. The molecule has 1 fully saturated rings. The zero-order chi connectivity index (χ0) is 8.81. The maximum Gasteiger partial charge on any atom is 0.282 e. The van der Waals surface area contributed by atoms with E-state index in [0.717, 1.165) is 18.3 Å². The molecule has 0 heterocycles. The van der Waals surface area contributed by atoms with Crippen molar-refractivity contribution in [2.75, 3.05) is 6.61 Å². The van der Waals surface area contributed by atoms with E-state index in [1.54, 1.807) is 0 Å². The first-order valence-corrected chi connectivity index (χ1v) is 5.14. The molecule has 68 valence electrons. The summed E-state index contributed by atoms with van der Waals surface area (Å²) in [7, 11) is 4.98. The Morgan fingerprint density at radius 1 is 1.42 bits per heavy atom. The lowest BCUT2D eigenvalue weighted by Crippen LogP contribution is -2.05. The topological polar surface area (TPSA) is 9.23 Å². The van der Waals surface area contributed by atoms with E-state index >= 15 is 0 Å². The lowest BCUT2D eigenvalue weighted by atomic mass is 9.93. The van der Waals surface area contributed by atoms with Crippen LogP contribution >= 0.6 is 0 Å². The van der Waals surface area contributed by atoms with Gasteiger partial charge in [0.15, 0.2) is 0 Å². The molecular formula is C10H19BO. The molecular weight excluding hydrogens is 147 g/mol. The second-order valence-electron chi connectivity index (χ2n) is 4.15. The Bertz CT molecular complexity index is 110. The van der Waals surface area contributed by atoms with Gasteiger partial charge in [-0.05, 0) is 24.7 Å². The van der Waals surface area contributed by atoms with E-state index in [1.807, 2.05) is 0 Å². The first-order chi connectivity index (χ1) is 5.83. The largest absolute Gasteiger partial charge is 0.448 e. The van der Waals surface area contributed by atoms with E-state index in [-0.39, 0.29) is 0 Å². The van der Waals surface area contributed by atoms with Gasteiger partial charge in [-0.1, -0.05) is 32.6 Å². The average Bonchev–Trinajstić information content (AvgIpc) is 2.53. The van der Waals surface area contributed by atoms with Gasteiger partial charge in [-0.25, -0.2) is 0 Å². The molecule has 0 bridgehead atoms. The van der Waals surface area contributed by atoms with Gasteiger partial charge in [0.1, 0.15) is 0 Å². The van der Waals surface area contributed by atoms with Gasteiger partial charge in [-0.2, -0.15) is 0 Å². The molecule has 1 atom stereocenters. The van der Waals surface area contributed by atoms with Crippen molar-refractivity contribution in [3.8, 4) is 0 Å². The van der Waals surface area contributed by atoms with Crippen molar-refractivity contribution in [1.82, 2.24) is 0 Å². The van der Waals surface area contributed by atoms with E-state index < -0.39 is 0 Å². The van der Waals surface area contributed by atoms with Crippen molar-refractivity contribution in [3.05, 3.63) is 0 Å². The minimum absolute atomic E-state index is 0.716. The molecule has 0 saturated heterocycles. The highest BCUT2D eigenvalue weighted by Crippen LogP contribution is 2.30. The highest BCUT2D eigenvalue weighted by atomic mass is 16.4. The molecule has 0 aromatic carbocycles. The van der Waals surface area contributed by atoms with Crippen LogP contribution in [0.1, 0.15) is 45.4 Å². The minimum atomic E-state index is 0.716. The van der Waals surface area contributed by atoms with Gasteiger partial charge >= 0.3 is 0 Å². The Hall–Kier alpha value is 0.0249. The second-order valence-corrected chi connectivity index (χ2v) is 4.15. The summed E-state index contributed by atoms with van der Waals surface area (Å²) in [6.45, 7) is 3.02. The van der Waals surface area contributed by atoms with Crippen LogP contribution in [0.3, 0.4) is 0 Å². The monoisotopic (exact) mass is 166 g/mol. The van der Waals surface area contributed by atoms with Gasteiger partial charge in [-0.15, -0.1) is 0 Å². The highest BCUT2D eigenvalue weighted by Gasteiger charge is 2.17. The molecule has 2 radical (unpaired) electrons. The fourth-order valence-electron chi connectivity index (χ4n) is 2.20. The van der Waals surface area contributed by atoms with Crippen molar-refractivity contribution in [2.45, 2.75) is 45.4 Å². The molecule has 0 N–H and O–H groups in total. The molecule has 1 aliphatic carbocycles. The van der Waals surface area contributed by atoms with Crippen LogP contribution in [-0.4, -0.2) is 14.7 Å². The van der Waals surface area contributed by atoms with E-state index in [1.165, 1.54) is 32.1 Å². The van der Waals surface area contributed by atoms with Gasteiger partial charge in [0.2, 0.25) is 0 Å². The fourth-order valence-corrected chi connectivity index (χ4v) is 2.20. The highest BCUT2D eigenvalue weighted by molar-refractivity contribution is 5.97. The Kier molecular flexibility index (Phi) is 4.74. The summed E-state index contributed by atoms with van der Waals surface area (Å²) < 4.78 is 4.58. The SMILES string of the molecule is [B]OCCC(C)CC1CCCC1. The number of hydrogen-bond donors (Lipinski definition) is 0. The summed E-state index contributed by atoms with van der Waals surface area (Å²) in [5.74, 6) is 1.79. The molecule has 1 saturated carbocycles. The second kappa shape index (κ2) is 5.63. The minimum Gasteiger partial charge on any atom is -0.448 e. The van der Waals surface area contributed by atoms with Crippen LogP contribution in [-0.2, 0) is 4.65 Å². The Morgan fingerprint density at radius 3 is 2.67 bits per heavy atom. The van der Waals surface area contributed by atoms with Gasteiger partial charge in [-0.3, -0.25) is 0 Å². The van der Waals surface area contributed by atoms with Crippen LogP contribution in [0.5, 0.6) is 0 Å². The van der Waals surface area contributed by atoms with E-state index in [4.69, 9.17) is 8.05 Å². The third-order valence-corrected chi connectivity index (χ3v) is 2.94. The maximum absolute atomic E-state index is 4.98. The van der Waals surface area contributed by atoms with Crippen LogP contribution in [0, 0.1) is 11.8 Å². The molecule has 1 nitrogen and oxygen atoms in total. The van der Waals surface area contributed by atoms with Crippen LogP contribution in [0.2, 0.25) is 0 Å². The molecule has 0 aromatic heterocycles. The van der Waals surface area contributed by atoms with Crippen molar-refractivity contribution >= 4 is 8.05 Å². The lowest BCUT2D eigenvalue weighted by Gasteiger charge is -2.15. The van der Waals surface area contributed by atoms with Crippen LogP contribution in [0.15, 0.2) is 0 Å². The zero-order valence-corrected chi connectivity index (χ0v) is 8.09. The third kappa shape index (κ3) is 3.62. The summed E-state index contributed by atoms with van der Waals surface area (Å²) >= 11 is 0. The molecule has 0 aromatic rings. The Labute approximate surface area is 77.3 Å². The van der Waals surface area contributed by atoms with Crippen molar-refractivity contribution in [1.29, 1.82) is 0 Å². The van der Waals surface area contributed by atoms with Crippen molar-refractivity contribution in [2.24, 2.45) is 11.8 Å². The molecule has 12 heavy (non-hydrogen) atoms. The number of hydrogen-bond acceptors (Lipinski definition) is 1. The maximum atomic E-state index is 4.98. The van der Waals surface area contributed by atoms with Gasteiger partial charge in [0.25, 0.3) is 8.05 Å². The van der Waals surface area contributed by atoms with Crippen LogP contribution in [0.25, 0.3) is 0 Å². The smallest absolute Gasteiger partial charge is 0.282 e. The van der Waals surface area contributed by atoms with Crippen molar-refractivity contribution < 1.29 is 4.65 Å². The normalized spacial score (nSPS) is 21.4. The Morgan fingerprint density at radius 2 is 2.08 bits per heavy atom. The van der Waals surface area contributed by atoms with E-state index in [2.05, 4.69) is 11.6 Å². The summed E-state index contributed by atoms with van der Waals surface area (Å²) in [5, 5.41) is 0.